The van der Waals surface area contributed by atoms with Gasteiger partial charge in [0.25, 0.3) is 0 Å². The summed E-state index contributed by atoms with van der Waals surface area (Å²) in [4.78, 5) is 2.47. The van der Waals surface area contributed by atoms with Crippen LogP contribution in [0, 0.1) is 0 Å². The van der Waals surface area contributed by atoms with Crippen molar-refractivity contribution < 1.29 is 0 Å². The standard InChI is InChI=1S/C18H29N/c1-5-6-14-18(16-11-8-7-9-12-16)15-10-13-17(18,2)19(3)4/h7-9,11-12H,5-6,10,13-15H2,1-4H3. The number of rotatable bonds is 5. The number of likely N-dealkylation sites (N-methyl/N-ethyl adjacent to an activating group) is 1. The van der Waals surface area contributed by atoms with E-state index in [-0.39, 0.29) is 0 Å². The molecule has 1 saturated carbocycles. The Balaban J connectivity index is 2.45. The quantitative estimate of drug-likeness (QED) is 0.746. The van der Waals surface area contributed by atoms with E-state index >= 15 is 0 Å². The van der Waals surface area contributed by atoms with E-state index in [4.69, 9.17) is 0 Å². The van der Waals surface area contributed by atoms with Crippen LogP contribution in [0.15, 0.2) is 30.3 Å². The first kappa shape index (κ1) is 14.6. The third-order valence-electron chi connectivity index (χ3n) is 5.57. The molecule has 1 aliphatic carbocycles. The fraction of sp³-hybridized carbons (Fsp3) is 0.667. The van der Waals surface area contributed by atoms with Crippen molar-refractivity contribution >= 4 is 0 Å². The maximum absolute atomic E-state index is 2.47. The largest absolute Gasteiger partial charge is 0.303 e. The van der Waals surface area contributed by atoms with Gasteiger partial charge in [-0.05, 0) is 45.8 Å². The van der Waals surface area contributed by atoms with Gasteiger partial charge in [-0.3, -0.25) is 0 Å². The van der Waals surface area contributed by atoms with Crippen LogP contribution in [0.4, 0.5) is 0 Å². The van der Waals surface area contributed by atoms with Crippen molar-refractivity contribution in [2.45, 2.75) is 63.3 Å². The van der Waals surface area contributed by atoms with Gasteiger partial charge in [-0.2, -0.15) is 0 Å². The summed E-state index contributed by atoms with van der Waals surface area (Å²) in [6.45, 7) is 4.78. The van der Waals surface area contributed by atoms with Gasteiger partial charge in [-0.15, -0.1) is 0 Å². The topological polar surface area (TPSA) is 3.24 Å². The van der Waals surface area contributed by atoms with Gasteiger partial charge in [0.1, 0.15) is 0 Å². The van der Waals surface area contributed by atoms with Crippen molar-refractivity contribution in [2.75, 3.05) is 14.1 Å². The molecule has 1 nitrogen and oxygen atoms in total. The third-order valence-corrected chi connectivity index (χ3v) is 5.57. The lowest BCUT2D eigenvalue weighted by Crippen LogP contribution is -2.54. The van der Waals surface area contributed by atoms with Gasteiger partial charge in [-0.1, -0.05) is 56.5 Å². The van der Waals surface area contributed by atoms with E-state index in [0.717, 1.165) is 0 Å². The molecule has 1 aliphatic rings. The molecule has 1 aromatic carbocycles. The molecule has 1 fully saturated rings. The van der Waals surface area contributed by atoms with Gasteiger partial charge >= 0.3 is 0 Å². The van der Waals surface area contributed by atoms with Gasteiger partial charge in [0.15, 0.2) is 0 Å². The zero-order valence-corrected chi connectivity index (χ0v) is 13.1. The van der Waals surface area contributed by atoms with Crippen LogP contribution in [-0.2, 0) is 5.41 Å². The molecule has 2 unspecified atom stereocenters. The average Bonchev–Trinajstić information content (AvgIpc) is 2.77. The summed E-state index contributed by atoms with van der Waals surface area (Å²) >= 11 is 0. The Morgan fingerprint density at radius 1 is 1.11 bits per heavy atom. The van der Waals surface area contributed by atoms with Crippen molar-refractivity contribution in [3.8, 4) is 0 Å². The molecule has 0 heterocycles. The summed E-state index contributed by atoms with van der Waals surface area (Å²) in [6, 6.07) is 11.2. The van der Waals surface area contributed by atoms with Crippen molar-refractivity contribution in [3.05, 3.63) is 35.9 Å². The summed E-state index contributed by atoms with van der Waals surface area (Å²) in [6.07, 6.45) is 7.95. The fourth-order valence-corrected chi connectivity index (χ4v) is 4.12. The molecule has 0 N–H and O–H groups in total. The maximum Gasteiger partial charge on any atom is 0.0271 e. The van der Waals surface area contributed by atoms with Crippen molar-refractivity contribution in [2.24, 2.45) is 0 Å². The predicted octanol–water partition coefficient (Wildman–Crippen LogP) is 4.62. The van der Waals surface area contributed by atoms with Gasteiger partial charge in [-0.25, -0.2) is 0 Å². The van der Waals surface area contributed by atoms with Crippen molar-refractivity contribution in [3.63, 3.8) is 0 Å². The molecule has 0 radical (unpaired) electrons. The lowest BCUT2D eigenvalue weighted by Gasteiger charge is -2.49. The third kappa shape index (κ3) is 2.33. The Morgan fingerprint density at radius 3 is 2.37 bits per heavy atom. The van der Waals surface area contributed by atoms with E-state index in [1.165, 1.54) is 38.5 Å². The summed E-state index contributed by atoms with van der Waals surface area (Å²) < 4.78 is 0. The molecule has 0 bridgehead atoms. The number of nitrogens with zero attached hydrogens (tertiary/aromatic N) is 1. The molecule has 0 aromatic heterocycles. The van der Waals surface area contributed by atoms with E-state index < -0.39 is 0 Å². The summed E-state index contributed by atoms with van der Waals surface area (Å²) in [5.74, 6) is 0. The first-order chi connectivity index (χ1) is 9.07. The first-order valence-corrected chi connectivity index (χ1v) is 7.80. The van der Waals surface area contributed by atoms with Crippen LogP contribution in [-0.4, -0.2) is 24.5 Å². The number of benzene rings is 1. The smallest absolute Gasteiger partial charge is 0.0271 e. The molecule has 1 aromatic rings. The van der Waals surface area contributed by atoms with Crippen LogP contribution in [0.25, 0.3) is 0 Å². The van der Waals surface area contributed by atoms with E-state index in [9.17, 15) is 0 Å². The van der Waals surface area contributed by atoms with Crippen LogP contribution in [0.3, 0.4) is 0 Å². The molecule has 106 valence electrons. The Labute approximate surface area is 119 Å². The lowest BCUT2D eigenvalue weighted by molar-refractivity contribution is 0.0854. The Kier molecular flexibility index (Phi) is 4.35. The molecule has 0 aliphatic heterocycles. The molecule has 2 rings (SSSR count). The number of hydrogen-bond donors (Lipinski definition) is 0. The zero-order valence-electron chi connectivity index (χ0n) is 13.1. The SMILES string of the molecule is CCCCC1(c2ccccc2)CCCC1(C)N(C)C. The second-order valence-electron chi connectivity index (χ2n) is 6.57. The lowest BCUT2D eigenvalue weighted by atomic mass is 9.64. The van der Waals surface area contributed by atoms with E-state index in [1.54, 1.807) is 5.56 Å². The first-order valence-electron chi connectivity index (χ1n) is 7.80. The normalized spacial score (nSPS) is 31.0. The van der Waals surface area contributed by atoms with Gasteiger partial charge in [0.05, 0.1) is 0 Å². The monoisotopic (exact) mass is 259 g/mol. The molecule has 19 heavy (non-hydrogen) atoms. The highest BCUT2D eigenvalue weighted by molar-refractivity contribution is 5.33. The highest BCUT2D eigenvalue weighted by Crippen LogP contribution is 2.53. The Hall–Kier alpha value is -0.820. The molecule has 0 saturated heterocycles. The minimum absolute atomic E-state index is 0.295. The highest BCUT2D eigenvalue weighted by atomic mass is 15.2. The molecule has 0 spiro atoms. The maximum atomic E-state index is 2.47. The van der Waals surface area contributed by atoms with Crippen LogP contribution in [0.2, 0.25) is 0 Å². The average molecular weight is 259 g/mol. The minimum atomic E-state index is 0.295. The highest BCUT2D eigenvalue weighted by Gasteiger charge is 2.53. The fourth-order valence-electron chi connectivity index (χ4n) is 4.12. The molecule has 2 atom stereocenters. The van der Waals surface area contributed by atoms with E-state index in [2.05, 4.69) is 63.2 Å². The second kappa shape index (κ2) is 5.66. The molecular formula is C18H29N. The van der Waals surface area contributed by atoms with Crippen LogP contribution in [0.5, 0.6) is 0 Å². The van der Waals surface area contributed by atoms with E-state index in [1.807, 2.05) is 0 Å². The van der Waals surface area contributed by atoms with Crippen LogP contribution >= 0.6 is 0 Å². The Morgan fingerprint density at radius 2 is 1.79 bits per heavy atom. The van der Waals surface area contributed by atoms with Crippen molar-refractivity contribution in [1.82, 2.24) is 4.90 Å². The predicted molar refractivity (Wildman–Crippen MR) is 83.6 cm³/mol. The zero-order chi connectivity index (χ0) is 13.9. The summed E-state index contributed by atoms with van der Waals surface area (Å²) in [5.41, 5.74) is 2.19. The minimum Gasteiger partial charge on any atom is -0.303 e. The number of hydrogen-bond acceptors (Lipinski definition) is 1. The van der Waals surface area contributed by atoms with Crippen molar-refractivity contribution in [1.29, 1.82) is 0 Å². The van der Waals surface area contributed by atoms with Gasteiger partial charge < -0.3 is 4.90 Å². The molecule has 0 amide bonds. The van der Waals surface area contributed by atoms with Gasteiger partial charge in [0.2, 0.25) is 0 Å². The summed E-state index contributed by atoms with van der Waals surface area (Å²) in [7, 11) is 4.52. The molecular weight excluding hydrogens is 230 g/mol. The Bertz CT molecular complexity index is 397. The number of unbranched alkanes of at least 4 members (excludes halogenated alkanes) is 1. The molecule has 1 heteroatoms. The van der Waals surface area contributed by atoms with E-state index in [0.29, 0.717) is 11.0 Å². The van der Waals surface area contributed by atoms with Crippen LogP contribution in [0.1, 0.15) is 57.9 Å². The van der Waals surface area contributed by atoms with Crippen LogP contribution < -0.4 is 0 Å². The van der Waals surface area contributed by atoms with Gasteiger partial charge in [0, 0.05) is 11.0 Å². The second-order valence-corrected chi connectivity index (χ2v) is 6.57. The summed E-state index contributed by atoms with van der Waals surface area (Å²) in [5, 5.41) is 0.